The Hall–Kier alpha value is -2.93. The number of hydrogen-bond donors (Lipinski definition) is 1. The molecule has 0 fully saturated rings. The van der Waals surface area contributed by atoms with Crippen LogP contribution in [0.2, 0.25) is 5.02 Å². The van der Waals surface area contributed by atoms with Crippen molar-refractivity contribution in [3.8, 4) is 17.2 Å². The molecule has 0 spiro atoms. The second-order valence-electron chi connectivity index (χ2n) is 5.54. The Bertz CT molecular complexity index is 841. The van der Waals surface area contributed by atoms with Gasteiger partial charge in [-0.2, -0.15) is 0 Å². The molecule has 0 aliphatic heterocycles. The number of benzene rings is 2. The number of amides is 2. The molecule has 7 nitrogen and oxygen atoms in total. The minimum Gasteiger partial charge on any atom is -0.497 e. The lowest BCUT2D eigenvalue weighted by Gasteiger charge is -2.23. The summed E-state index contributed by atoms with van der Waals surface area (Å²) in [5, 5.41) is 3.16. The van der Waals surface area contributed by atoms with Crippen LogP contribution in [-0.2, 0) is 9.59 Å². The minimum atomic E-state index is -0.407. The quantitative estimate of drug-likeness (QED) is 0.781. The molecule has 0 aliphatic rings. The number of ether oxygens (including phenoxy) is 3. The molecule has 0 aliphatic carbocycles. The van der Waals surface area contributed by atoms with E-state index in [1.165, 1.54) is 33.2 Å². The molecular formula is C19H21ClN2O5. The minimum absolute atomic E-state index is 0.221. The molecular weight excluding hydrogens is 372 g/mol. The van der Waals surface area contributed by atoms with Gasteiger partial charge in [0.05, 0.1) is 32.7 Å². The third-order valence-corrected chi connectivity index (χ3v) is 4.03. The molecule has 0 saturated heterocycles. The van der Waals surface area contributed by atoms with Crippen LogP contribution in [0.1, 0.15) is 6.92 Å². The van der Waals surface area contributed by atoms with Crippen molar-refractivity contribution in [2.75, 3.05) is 38.1 Å². The monoisotopic (exact) mass is 392 g/mol. The van der Waals surface area contributed by atoms with Gasteiger partial charge in [0.15, 0.2) is 0 Å². The first-order valence-electron chi connectivity index (χ1n) is 8.03. The first-order chi connectivity index (χ1) is 12.9. The van der Waals surface area contributed by atoms with Gasteiger partial charge in [0.1, 0.15) is 23.8 Å². The van der Waals surface area contributed by atoms with E-state index < -0.39 is 5.91 Å². The van der Waals surface area contributed by atoms with Gasteiger partial charge in [-0.1, -0.05) is 11.6 Å². The van der Waals surface area contributed by atoms with E-state index in [0.29, 0.717) is 33.6 Å². The van der Waals surface area contributed by atoms with Gasteiger partial charge in [-0.15, -0.1) is 0 Å². The zero-order valence-corrected chi connectivity index (χ0v) is 16.3. The Morgan fingerprint density at radius 3 is 2.30 bits per heavy atom. The highest BCUT2D eigenvalue weighted by Crippen LogP contribution is 2.32. The van der Waals surface area contributed by atoms with Gasteiger partial charge in [-0.05, 0) is 30.3 Å². The molecule has 2 amide bonds. The van der Waals surface area contributed by atoms with Crippen LogP contribution in [0.4, 0.5) is 11.4 Å². The molecule has 2 rings (SSSR count). The molecule has 1 N–H and O–H groups in total. The maximum Gasteiger partial charge on any atom is 0.244 e. The van der Waals surface area contributed by atoms with Gasteiger partial charge >= 0.3 is 0 Å². The van der Waals surface area contributed by atoms with Crippen LogP contribution in [0.15, 0.2) is 36.4 Å². The van der Waals surface area contributed by atoms with Crippen LogP contribution in [0.25, 0.3) is 0 Å². The Morgan fingerprint density at radius 1 is 1.00 bits per heavy atom. The van der Waals surface area contributed by atoms with Crippen molar-refractivity contribution in [3.63, 3.8) is 0 Å². The lowest BCUT2D eigenvalue weighted by atomic mass is 10.2. The molecule has 144 valence electrons. The van der Waals surface area contributed by atoms with Crippen LogP contribution in [0, 0.1) is 0 Å². The van der Waals surface area contributed by atoms with Gasteiger partial charge in [-0.25, -0.2) is 0 Å². The van der Waals surface area contributed by atoms with Crippen molar-refractivity contribution >= 4 is 34.8 Å². The van der Waals surface area contributed by atoms with Crippen LogP contribution >= 0.6 is 11.6 Å². The predicted molar refractivity (Wildman–Crippen MR) is 104 cm³/mol. The third-order valence-electron chi connectivity index (χ3n) is 3.80. The van der Waals surface area contributed by atoms with Crippen molar-refractivity contribution in [1.82, 2.24) is 0 Å². The summed E-state index contributed by atoms with van der Waals surface area (Å²) in [6.45, 7) is 1.14. The Balaban J connectivity index is 2.24. The lowest BCUT2D eigenvalue weighted by molar-refractivity contribution is -0.120. The number of carbonyl (C=O) groups excluding carboxylic acids is 2. The summed E-state index contributed by atoms with van der Waals surface area (Å²) in [7, 11) is 4.51. The zero-order valence-electron chi connectivity index (χ0n) is 15.5. The molecule has 0 saturated carbocycles. The number of methoxy groups -OCH3 is 3. The number of rotatable bonds is 7. The average Bonchev–Trinajstić information content (AvgIpc) is 2.66. The lowest BCUT2D eigenvalue weighted by Crippen LogP contribution is -2.37. The SMILES string of the molecule is COc1ccc(NC(=O)CN(C(C)=O)c2cc(Cl)ccc2OC)c(OC)c1. The molecule has 8 heteroatoms. The molecule has 0 radical (unpaired) electrons. The van der Waals surface area contributed by atoms with Crippen molar-refractivity contribution in [2.45, 2.75) is 6.92 Å². The maximum absolute atomic E-state index is 12.5. The highest BCUT2D eigenvalue weighted by Gasteiger charge is 2.20. The number of nitrogens with one attached hydrogen (secondary N) is 1. The van der Waals surface area contributed by atoms with E-state index in [1.54, 1.807) is 36.4 Å². The topological polar surface area (TPSA) is 77.1 Å². The summed E-state index contributed by atoms with van der Waals surface area (Å²) >= 11 is 6.03. The average molecular weight is 393 g/mol. The number of hydrogen-bond acceptors (Lipinski definition) is 5. The first kappa shape index (κ1) is 20.4. The summed E-state index contributed by atoms with van der Waals surface area (Å²) in [5.74, 6) is 0.740. The van der Waals surface area contributed by atoms with E-state index in [9.17, 15) is 9.59 Å². The molecule has 0 bridgehead atoms. The predicted octanol–water partition coefficient (Wildman–Crippen LogP) is 3.36. The van der Waals surface area contributed by atoms with Crippen LogP contribution in [0.3, 0.4) is 0 Å². The fraction of sp³-hybridized carbons (Fsp3) is 0.263. The van der Waals surface area contributed by atoms with E-state index in [2.05, 4.69) is 5.32 Å². The highest BCUT2D eigenvalue weighted by molar-refractivity contribution is 6.31. The van der Waals surface area contributed by atoms with E-state index in [1.807, 2.05) is 0 Å². The Morgan fingerprint density at radius 2 is 1.70 bits per heavy atom. The van der Waals surface area contributed by atoms with Gasteiger partial charge < -0.3 is 19.5 Å². The second-order valence-corrected chi connectivity index (χ2v) is 5.97. The van der Waals surface area contributed by atoms with Crippen LogP contribution < -0.4 is 24.4 Å². The summed E-state index contributed by atoms with van der Waals surface area (Å²) in [5.41, 5.74) is 0.874. The first-order valence-corrected chi connectivity index (χ1v) is 8.41. The van der Waals surface area contributed by atoms with Crippen LogP contribution in [-0.4, -0.2) is 39.7 Å². The molecule has 0 unspecified atom stereocenters. The van der Waals surface area contributed by atoms with E-state index >= 15 is 0 Å². The molecule has 0 aromatic heterocycles. The van der Waals surface area contributed by atoms with Crippen molar-refractivity contribution in [3.05, 3.63) is 41.4 Å². The number of carbonyl (C=O) groups is 2. The summed E-state index contributed by atoms with van der Waals surface area (Å²) in [6.07, 6.45) is 0. The third kappa shape index (κ3) is 5.04. The zero-order chi connectivity index (χ0) is 20.0. The summed E-state index contributed by atoms with van der Waals surface area (Å²) in [4.78, 5) is 26.0. The second kappa shape index (κ2) is 9.14. The van der Waals surface area contributed by atoms with E-state index in [4.69, 9.17) is 25.8 Å². The van der Waals surface area contributed by atoms with Gasteiger partial charge in [0, 0.05) is 18.0 Å². The summed E-state index contributed by atoms with van der Waals surface area (Å²) < 4.78 is 15.7. The fourth-order valence-electron chi connectivity index (χ4n) is 2.48. The number of nitrogens with zero attached hydrogens (tertiary/aromatic N) is 1. The molecule has 0 atom stereocenters. The molecule has 2 aromatic carbocycles. The van der Waals surface area contributed by atoms with Crippen molar-refractivity contribution < 1.29 is 23.8 Å². The molecule has 0 heterocycles. The van der Waals surface area contributed by atoms with Crippen molar-refractivity contribution in [2.24, 2.45) is 0 Å². The molecule has 27 heavy (non-hydrogen) atoms. The van der Waals surface area contributed by atoms with Gasteiger partial charge in [0.2, 0.25) is 11.8 Å². The summed E-state index contributed by atoms with van der Waals surface area (Å²) in [6, 6.07) is 9.86. The van der Waals surface area contributed by atoms with E-state index in [0.717, 1.165) is 0 Å². The van der Waals surface area contributed by atoms with Gasteiger partial charge in [-0.3, -0.25) is 14.5 Å². The van der Waals surface area contributed by atoms with Crippen molar-refractivity contribution in [1.29, 1.82) is 0 Å². The number of halogens is 1. The Labute approximate surface area is 162 Å². The van der Waals surface area contributed by atoms with Gasteiger partial charge in [0.25, 0.3) is 0 Å². The molecule has 2 aromatic rings. The Kier molecular flexibility index (Phi) is 6.90. The fourth-order valence-corrected chi connectivity index (χ4v) is 2.64. The normalized spacial score (nSPS) is 10.1. The largest absolute Gasteiger partial charge is 0.497 e. The van der Waals surface area contributed by atoms with Crippen LogP contribution in [0.5, 0.6) is 17.2 Å². The van der Waals surface area contributed by atoms with E-state index in [-0.39, 0.29) is 12.5 Å². The smallest absolute Gasteiger partial charge is 0.244 e. The number of anilines is 2. The highest BCUT2D eigenvalue weighted by atomic mass is 35.5. The standard InChI is InChI=1S/C19H21ClN2O5/c1-12(23)22(16-9-13(20)5-8-17(16)26-3)11-19(24)21-15-7-6-14(25-2)10-18(15)27-4/h5-10H,11H2,1-4H3,(H,21,24). The maximum atomic E-state index is 12.5.